The minimum Gasteiger partial charge on any atom is -0.497 e. The molecule has 1 fully saturated rings. The molecule has 0 aromatic heterocycles. The summed E-state index contributed by atoms with van der Waals surface area (Å²) in [5, 5.41) is 2.97. The van der Waals surface area contributed by atoms with Gasteiger partial charge in [0.25, 0.3) is 5.91 Å². The Bertz CT molecular complexity index is 801. The van der Waals surface area contributed by atoms with E-state index in [1.54, 1.807) is 19.1 Å². The molecule has 0 atom stereocenters. The van der Waals surface area contributed by atoms with Crippen molar-refractivity contribution in [2.24, 2.45) is 0 Å². The molecule has 0 bridgehead atoms. The first-order valence-electron chi connectivity index (χ1n) is 9.82. The minimum atomic E-state index is 0.0482. The molecule has 150 valence electrons. The van der Waals surface area contributed by atoms with Crippen LogP contribution in [0.3, 0.4) is 0 Å². The van der Waals surface area contributed by atoms with Gasteiger partial charge in [-0.2, -0.15) is 0 Å². The molecule has 0 aliphatic carbocycles. The van der Waals surface area contributed by atoms with Crippen molar-refractivity contribution in [2.45, 2.75) is 13.5 Å². The first-order valence-corrected chi connectivity index (χ1v) is 9.82. The lowest BCUT2D eigenvalue weighted by Gasteiger charge is -2.29. The van der Waals surface area contributed by atoms with Gasteiger partial charge in [-0.3, -0.25) is 4.79 Å². The maximum Gasteiger partial charge on any atom is 0.279 e. The Balaban J connectivity index is 1.47. The summed E-state index contributed by atoms with van der Waals surface area (Å²) in [4.78, 5) is 15.3. The maximum absolute atomic E-state index is 12.4. The fourth-order valence-electron chi connectivity index (χ4n) is 3.76. The number of benzene rings is 2. The van der Waals surface area contributed by atoms with Crippen molar-refractivity contribution in [1.82, 2.24) is 0 Å². The Kier molecular flexibility index (Phi) is 6.90. The third-order valence-corrected chi connectivity index (χ3v) is 5.30. The second kappa shape index (κ2) is 9.57. The largest absolute Gasteiger partial charge is 0.497 e. The lowest BCUT2D eigenvalue weighted by atomic mass is 10.1. The van der Waals surface area contributed by atoms with Gasteiger partial charge in [0.05, 0.1) is 14.2 Å². The van der Waals surface area contributed by atoms with E-state index >= 15 is 0 Å². The predicted octanol–water partition coefficient (Wildman–Crippen LogP) is -0.0657. The molecule has 6 nitrogen and oxygen atoms in total. The Hall–Kier alpha value is -2.57. The molecule has 3 rings (SSSR count). The average Bonchev–Trinajstić information content (AvgIpc) is 2.70. The summed E-state index contributed by atoms with van der Waals surface area (Å²) in [6.07, 6.45) is 0. The highest BCUT2D eigenvalue weighted by atomic mass is 16.5. The fraction of sp³-hybridized carbons (Fsp3) is 0.409. The zero-order valence-corrected chi connectivity index (χ0v) is 17.0. The highest BCUT2D eigenvalue weighted by molar-refractivity contribution is 5.91. The van der Waals surface area contributed by atoms with Gasteiger partial charge < -0.3 is 24.6 Å². The molecule has 0 unspecified atom stereocenters. The molecule has 1 heterocycles. The van der Waals surface area contributed by atoms with E-state index in [9.17, 15) is 4.79 Å². The number of carbonyl (C=O) groups is 1. The molecule has 0 saturated carbocycles. The molecule has 1 saturated heterocycles. The number of aryl methyl sites for hydroxylation is 1. The summed E-state index contributed by atoms with van der Waals surface area (Å²) < 4.78 is 10.7. The van der Waals surface area contributed by atoms with Crippen LogP contribution >= 0.6 is 0 Å². The molecule has 3 N–H and O–H groups in total. The number of rotatable bonds is 7. The van der Waals surface area contributed by atoms with Crippen molar-refractivity contribution in [1.29, 1.82) is 0 Å². The molecule has 1 amide bonds. The van der Waals surface area contributed by atoms with Crippen LogP contribution < -0.4 is 24.6 Å². The lowest BCUT2D eigenvalue weighted by Crippen LogP contribution is -3.28. The number of hydrogen-bond acceptors (Lipinski definition) is 3. The van der Waals surface area contributed by atoms with Crippen LogP contribution in [0.2, 0.25) is 0 Å². The monoisotopic (exact) mass is 385 g/mol. The van der Waals surface area contributed by atoms with Gasteiger partial charge in [-0.1, -0.05) is 17.7 Å². The van der Waals surface area contributed by atoms with E-state index in [2.05, 4.69) is 30.4 Å². The topological polar surface area (TPSA) is 56.4 Å². The third kappa shape index (κ3) is 5.47. The van der Waals surface area contributed by atoms with Crippen LogP contribution in [0.15, 0.2) is 42.5 Å². The van der Waals surface area contributed by atoms with Crippen molar-refractivity contribution < 1.29 is 24.1 Å². The number of hydrogen-bond donors (Lipinski definition) is 3. The summed E-state index contributed by atoms with van der Waals surface area (Å²) in [5.41, 5.74) is 3.30. The summed E-state index contributed by atoms with van der Waals surface area (Å²) in [6.45, 7) is 7.68. The zero-order chi connectivity index (χ0) is 19.9. The summed E-state index contributed by atoms with van der Waals surface area (Å²) in [7, 11) is 3.35. The second-order valence-electron chi connectivity index (χ2n) is 7.45. The number of carbonyl (C=O) groups excluding carboxylic acids is 1. The normalized spacial score (nSPS) is 19.1. The number of piperazine rings is 1. The van der Waals surface area contributed by atoms with Crippen molar-refractivity contribution in [2.75, 3.05) is 52.3 Å². The van der Waals surface area contributed by atoms with Crippen molar-refractivity contribution in [3.05, 3.63) is 53.6 Å². The predicted molar refractivity (Wildman–Crippen MR) is 109 cm³/mol. The van der Waals surface area contributed by atoms with E-state index in [-0.39, 0.29) is 5.91 Å². The Morgan fingerprint density at radius 3 is 2.46 bits per heavy atom. The third-order valence-electron chi connectivity index (χ3n) is 5.30. The van der Waals surface area contributed by atoms with E-state index < -0.39 is 0 Å². The van der Waals surface area contributed by atoms with Crippen LogP contribution in [-0.4, -0.2) is 52.9 Å². The molecule has 1 aliphatic rings. The average molecular weight is 386 g/mol. The molecular weight excluding hydrogens is 354 g/mol. The highest BCUT2D eigenvalue weighted by Crippen LogP contribution is 2.18. The lowest BCUT2D eigenvalue weighted by molar-refractivity contribution is -1.02. The smallest absolute Gasteiger partial charge is 0.279 e. The summed E-state index contributed by atoms with van der Waals surface area (Å²) in [6, 6.07) is 13.8. The van der Waals surface area contributed by atoms with Gasteiger partial charge in [0.1, 0.15) is 44.2 Å². The summed E-state index contributed by atoms with van der Waals surface area (Å²) >= 11 is 0. The zero-order valence-electron chi connectivity index (χ0n) is 17.0. The van der Waals surface area contributed by atoms with Crippen LogP contribution in [-0.2, 0) is 11.3 Å². The van der Waals surface area contributed by atoms with Gasteiger partial charge in [0, 0.05) is 17.3 Å². The first-order chi connectivity index (χ1) is 13.6. The van der Waals surface area contributed by atoms with E-state index in [1.165, 1.54) is 16.0 Å². The van der Waals surface area contributed by atoms with E-state index in [4.69, 9.17) is 9.47 Å². The Morgan fingerprint density at radius 2 is 1.75 bits per heavy atom. The van der Waals surface area contributed by atoms with E-state index in [0.29, 0.717) is 6.54 Å². The molecule has 1 aliphatic heterocycles. The molecule has 2 aromatic carbocycles. The Labute approximate surface area is 167 Å². The molecular formula is C22H31N3O3+2. The van der Waals surface area contributed by atoms with E-state index in [0.717, 1.165) is 49.9 Å². The number of methoxy groups -OCH3 is 2. The number of amides is 1. The summed E-state index contributed by atoms with van der Waals surface area (Å²) in [5.74, 6) is 1.76. The molecule has 2 aromatic rings. The molecule has 0 radical (unpaired) electrons. The van der Waals surface area contributed by atoms with E-state index in [1.807, 2.05) is 24.3 Å². The maximum atomic E-state index is 12.4. The molecule has 0 spiro atoms. The van der Waals surface area contributed by atoms with Crippen LogP contribution in [0.1, 0.15) is 11.1 Å². The van der Waals surface area contributed by atoms with Crippen molar-refractivity contribution in [3.63, 3.8) is 0 Å². The molecule has 6 heteroatoms. The van der Waals surface area contributed by atoms with Gasteiger partial charge >= 0.3 is 0 Å². The van der Waals surface area contributed by atoms with Crippen molar-refractivity contribution >= 4 is 11.6 Å². The minimum absolute atomic E-state index is 0.0482. The SMILES string of the molecule is COc1cccc(NC(=O)C[NH+]2CC[NH+](Cc3cc(C)ccc3OC)CC2)c1. The van der Waals surface area contributed by atoms with Crippen molar-refractivity contribution in [3.8, 4) is 11.5 Å². The Morgan fingerprint density at radius 1 is 1.00 bits per heavy atom. The first kappa shape index (κ1) is 20.2. The highest BCUT2D eigenvalue weighted by Gasteiger charge is 2.25. The second-order valence-corrected chi connectivity index (χ2v) is 7.45. The van der Waals surface area contributed by atoms with Crippen LogP contribution in [0, 0.1) is 6.92 Å². The van der Waals surface area contributed by atoms with Gasteiger partial charge in [0.2, 0.25) is 0 Å². The van der Waals surface area contributed by atoms with Gasteiger partial charge in [-0.25, -0.2) is 0 Å². The number of quaternary nitrogens is 2. The van der Waals surface area contributed by atoms with Crippen LogP contribution in [0.25, 0.3) is 0 Å². The number of nitrogens with one attached hydrogen (secondary N) is 3. The molecule has 28 heavy (non-hydrogen) atoms. The van der Waals surface area contributed by atoms with Gasteiger partial charge in [-0.15, -0.1) is 0 Å². The number of anilines is 1. The quantitative estimate of drug-likeness (QED) is 0.626. The fourth-order valence-corrected chi connectivity index (χ4v) is 3.76. The van der Waals surface area contributed by atoms with Crippen LogP contribution in [0.5, 0.6) is 11.5 Å². The number of ether oxygens (including phenoxy) is 2. The van der Waals surface area contributed by atoms with Crippen LogP contribution in [0.4, 0.5) is 5.69 Å². The standard InChI is InChI=1S/C22H29N3O3/c1-17-7-8-21(28-3)18(13-17)15-24-9-11-25(12-10-24)16-22(26)23-19-5-4-6-20(14-19)27-2/h4-8,13-14H,9-12,15-16H2,1-3H3,(H,23,26)/p+2. The van der Waals surface area contributed by atoms with Gasteiger partial charge in [-0.05, 0) is 31.2 Å². The van der Waals surface area contributed by atoms with Gasteiger partial charge in [0.15, 0.2) is 6.54 Å².